The molecule has 7 nitrogen and oxygen atoms in total. The van der Waals surface area contributed by atoms with Crippen LogP contribution in [-0.4, -0.2) is 82.3 Å². The zero-order valence-electron chi connectivity index (χ0n) is 19.8. The zero-order valence-corrected chi connectivity index (χ0v) is 22.1. The van der Waals surface area contributed by atoms with Gasteiger partial charge in [0.25, 0.3) is 0 Å². The minimum absolute atomic E-state index is 0. The molecule has 0 spiro atoms. The Morgan fingerprint density at radius 2 is 1.84 bits per heavy atom. The molecule has 1 aliphatic rings. The minimum Gasteiger partial charge on any atom is -0.493 e. The molecule has 0 aromatic heterocycles. The molecule has 1 heterocycles. The molecule has 0 bridgehead atoms. The fourth-order valence-electron chi connectivity index (χ4n) is 3.69. The summed E-state index contributed by atoms with van der Waals surface area (Å²) in [4.78, 5) is 9.20. The van der Waals surface area contributed by atoms with Crippen LogP contribution in [0.3, 0.4) is 0 Å². The van der Waals surface area contributed by atoms with E-state index in [4.69, 9.17) is 9.47 Å². The van der Waals surface area contributed by atoms with E-state index in [-0.39, 0.29) is 24.0 Å². The first-order valence-corrected chi connectivity index (χ1v) is 11.4. The molecule has 0 unspecified atom stereocenters. The molecule has 2 N–H and O–H groups in total. The molecule has 1 aromatic carbocycles. The van der Waals surface area contributed by atoms with E-state index in [1.54, 1.807) is 7.11 Å². The average molecular weight is 548 g/mol. The smallest absolute Gasteiger partial charge is 0.191 e. The summed E-state index contributed by atoms with van der Waals surface area (Å²) in [5, 5.41) is 6.80. The van der Waals surface area contributed by atoms with Crippen LogP contribution in [0.15, 0.2) is 23.2 Å². The monoisotopic (exact) mass is 547 g/mol. The first kappa shape index (κ1) is 27.8. The van der Waals surface area contributed by atoms with E-state index in [9.17, 15) is 0 Å². The van der Waals surface area contributed by atoms with Crippen LogP contribution in [0.2, 0.25) is 0 Å². The molecular weight excluding hydrogens is 505 g/mol. The first-order chi connectivity index (χ1) is 14.7. The number of piperidine rings is 1. The van der Waals surface area contributed by atoms with Crippen molar-refractivity contribution in [2.45, 2.75) is 39.7 Å². The number of halogens is 1. The number of hydrogen-bond donors (Lipinski definition) is 2. The molecule has 1 fully saturated rings. The Morgan fingerprint density at radius 3 is 2.48 bits per heavy atom. The number of guanidine groups is 1. The van der Waals surface area contributed by atoms with Crippen LogP contribution in [0.5, 0.6) is 11.5 Å². The van der Waals surface area contributed by atoms with E-state index in [2.05, 4.69) is 45.3 Å². The van der Waals surface area contributed by atoms with Gasteiger partial charge in [0.15, 0.2) is 17.5 Å². The van der Waals surface area contributed by atoms with Crippen LogP contribution in [0.1, 0.15) is 38.7 Å². The van der Waals surface area contributed by atoms with Crippen molar-refractivity contribution < 1.29 is 9.47 Å². The third kappa shape index (κ3) is 10.3. The highest BCUT2D eigenvalue weighted by molar-refractivity contribution is 14.0. The van der Waals surface area contributed by atoms with Gasteiger partial charge in [-0.1, -0.05) is 26.3 Å². The fraction of sp³-hybridized carbons (Fsp3) is 0.696. The highest BCUT2D eigenvalue weighted by atomic mass is 127. The number of benzene rings is 1. The summed E-state index contributed by atoms with van der Waals surface area (Å²) in [7, 11) is 3.49. The van der Waals surface area contributed by atoms with E-state index in [0.29, 0.717) is 13.2 Å². The quantitative estimate of drug-likeness (QED) is 0.238. The van der Waals surface area contributed by atoms with Crippen LogP contribution in [0.4, 0.5) is 0 Å². The van der Waals surface area contributed by atoms with Gasteiger partial charge in [-0.15, -0.1) is 24.0 Å². The molecule has 0 radical (unpaired) electrons. The molecule has 0 aliphatic carbocycles. The highest BCUT2D eigenvalue weighted by Crippen LogP contribution is 2.28. The van der Waals surface area contributed by atoms with Gasteiger partial charge in [-0.3, -0.25) is 4.99 Å². The van der Waals surface area contributed by atoms with E-state index in [0.717, 1.165) is 55.7 Å². The Labute approximate surface area is 206 Å². The van der Waals surface area contributed by atoms with E-state index in [1.807, 2.05) is 19.2 Å². The van der Waals surface area contributed by atoms with Gasteiger partial charge in [0.05, 0.1) is 7.11 Å². The van der Waals surface area contributed by atoms with Gasteiger partial charge < -0.3 is 29.9 Å². The van der Waals surface area contributed by atoms with E-state index in [1.165, 1.54) is 32.4 Å². The van der Waals surface area contributed by atoms with Crippen LogP contribution in [0, 0.1) is 0 Å². The third-order valence-electron chi connectivity index (χ3n) is 5.64. The van der Waals surface area contributed by atoms with Crippen LogP contribution in [0.25, 0.3) is 0 Å². The van der Waals surface area contributed by atoms with Crippen molar-refractivity contribution >= 4 is 29.9 Å². The van der Waals surface area contributed by atoms with Gasteiger partial charge in [-0.05, 0) is 56.7 Å². The van der Waals surface area contributed by atoms with Gasteiger partial charge >= 0.3 is 0 Å². The van der Waals surface area contributed by atoms with Crippen molar-refractivity contribution in [3.05, 3.63) is 23.8 Å². The predicted octanol–water partition coefficient (Wildman–Crippen LogP) is 3.18. The number of nitrogens with one attached hydrogen (secondary N) is 2. The summed E-state index contributed by atoms with van der Waals surface area (Å²) in [6.45, 7) is 13.1. The molecule has 8 heteroatoms. The lowest BCUT2D eigenvalue weighted by atomic mass is 10.1. The summed E-state index contributed by atoms with van der Waals surface area (Å²) in [6, 6.07) is 6.09. The molecule has 0 amide bonds. The lowest BCUT2D eigenvalue weighted by Gasteiger charge is -2.26. The molecule has 1 aliphatic heterocycles. The molecule has 0 saturated carbocycles. The van der Waals surface area contributed by atoms with Crippen molar-refractivity contribution in [1.29, 1.82) is 0 Å². The molecule has 0 atom stereocenters. The largest absolute Gasteiger partial charge is 0.493 e. The standard InChI is InChI=1S/C23H41N5O2.HI/c1-5-27(6-2)16-17-30-21-11-10-20(18-22(21)29-4)19-26-23(24-3)25-12-15-28-13-8-7-9-14-28;/h10-11,18H,5-9,12-17,19H2,1-4H3,(H2,24,25,26);1H. The second-order valence-corrected chi connectivity index (χ2v) is 7.62. The third-order valence-corrected chi connectivity index (χ3v) is 5.64. The Bertz CT molecular complexity index is 634. The van der Waals surface area contributed by atoms with Crippen molar-refractivity contribution in [1.82, 2.24) is 20.4 Å². The Balaban J connectivity index is 0.00000480. The lowest BCUT2D eigenvalue weighted by molar-refractivity contribution is 0.217. The van der Waals surface area contributed by atoms with Gasteiger partial charge in [0.1, 0.15) is 6.61 Å². The predicted molar refractivity (Wildman–Crippen MR) is 140 cm³/mol. The first-order valence-electron chi connectivity index (χ1n) is 11.4. The van der Waals surface area contributed by atoms with Gasteiger partial charge in [-0.2, -0.15) is 0 Å². The second-order valence-electron chi connectivity index (χ2n) is 7.62. The normalized spacial score (nSPS) is 14.8. The zero-order chi connectivity index (χ0) is 21.6. The molecule has 1 saturated heterocycles. The van der Waals surface area contributed by atoms with Crippen LogP contribution in [-0.2, 0) is 6.54 Å². The molecular formula is C23H42IN5O2. The SMILES string of the molecule is CCN(CC)CCOc1ccc(CNC(=NC)NCCN2CCCCC2)cc1OC.I. The second kappa shape index (κ2) is 16.4. The van der Waals surface area contributed by atoms with Crippen molar-refractivity contribution in [2.75, 3.05) is 66.6 Å². The maximum atomic E-state index is 5.95. The van der Waals surface area contributed by atoms with Gasteiger partial charge in [0, 0.05) is 33.2 Å². The van der Waals surface area contributed by atoms with E-state index >= 15 is 0 Å². The summed E-state index contributed by atoms with van der Waals surface area (Å²) in [6.07, 6.45) is 4.02. The maximum Gasteiger partial charge on any atom is 0.191 e. The van der Waals surface area contributed by atoms with Crippen molar-refractivity contribution in [3.63, 3.8) is 0 Å². The molecule has 178 valence electrons. The number of likely N-dealkylation sites (N-methyl/N-ethyl adjacent to an activating group) is 1. The summed E-state index contributed by atoms with van der Waals surface area (Å²) in [5.74, 6) is 2.38. The van der Waals surface area contributed by atoms with Gasteiger partial charge in [-0.25, -0.2) is 0 Å². The fourth-order valence-corrected chi connectivity index (χ4v) is 3.69. The summed E-state index contributed by atoms with van der Waals surface area (Å²) in [5.41, 5.74) is 1.13. The number of methoxy groups -OCH3 is 1. The van der Waals surface area contributed by atoms with Gasteiger partial charge in [0.2, 0.25) is 0 Å². The van der Waals surface area contributed by atoms with E-state index < -0.39 is 0 Å². The number of aliphatic imine (C=N–C) groups is 1. The lowest BCUT2D eigenvalue weighted by Crippen LogP contribution is -2.42. The van der Waals surface area contributed by atoms with Crippen molar-refractivity contribution in [3.8, 4) is 11.5 Å². The Hall–Kier alpha value is -1.26. The van der Waals surface area contributed by atoms with Crippen molar-refractivity contribution in [2.24, 2.45) is 4.99 Å². The molecule has 1 aromatic rings. The Kier molecular flexibility index (Phi) is 14.7. The topological polar surface area (TPSA) is 61.4 Å². The van der Waals surface area contributed by atoms with Crippen LogP contribution < -0.4 is 20.1 Å². The van der Waals surface area contributed by atoms with Crippen LogP contribution >= 0.6 is 24.0 Å². The molecule has 31 heavy (non-hydrogen) atoms. The maximum absolute atomic E-state index is 5.95. The number of nitrogens with zero attached hydrogens (tertiary/aromatic N) is 3. The number of likely N-dealkylation sites (tertiary alicyclic amines) is 1. The summed E-state index contributed by atoms with van der Waals surface area (Å²) < 4.78 is 11.5. The highest BCUT2D eigenvalue weighted by Gasteiger charge is 2.10. The molecule has 2 rings (SSSR count). The summed E-state index contributed by atoms with van der Waals surface area (Å²) >= 11 is 0. The average Bonchev–Trinajstić information content (AvgIpc) is 2.80. The minimum atomic E-state index is 0. The number of ether oxygens (including phenoxy) is 2. The Morgan fingerprint density at radius 1 is 1.10 bits per heavy atom. The number of hydrogen-bond acceptors (Lipinski definition) is 5. The number of rotatable bonds is 12.